The third kappa shape index (κ3) is 2.25. The summed E-state index contributed by atoms with van der Waals surface area (Å²) in [5.74, 6) is 0.181. The van der Waals surface area contributed by atoms with Crippen LogP contribution in [0.25, 0.3) is 0 Å². The Balaban J connectivity index is 1.90. The largest absolute Gasteiger partial charge is 0.455 e. The Kier molecular flexibility index (Phi) is 3.28. The highest BCUT2D eigenvalue weighted by molar-refractivity contribution is 6.32. The Hall–Kier alpha value is -3.60. The van der Waals surface area contributed by atoms with Gasteiger partial charge >= 0.3 is 0 Å². The van der Waals surface area contributed by atoms with Crippen LogP contribution < -0.4 is 16.2 Å². The highest BCUT2D eigenvalue weighted by Crippen LogP contribution is 2.40. The Morgan fingerprint density at radius 3 is 1.92 bits per heavy atom. The van der Waals surface area contributed by atoms with Gasteiger partial charge in [0.25, 0.3) is 0 Å². The molecule has 0 aliphatic heterocycles. The smallest absolute Gasteiger partial charge is 0.196 e. The maximum absolute atomic E-state index is 12.9. The lowest BCUT2D eigenvalue weighted by Gasteiger charge is -2.22. The Bertz CT molecular complexity index is 1030. The molecule has 3 aromatic rings. The van der Waals surface area contributed by atoms with Crippen LogP contribution in [0.5, 0.6) is 11.5 Å². The highest BCUT2D eigenvalue weighted by atomic mass is 16.5. The van der Waals surface area contributed by atoms with Gasteiger partial charge in [-0.15, -0.1) is 0 Å². The summed E-state index contributed by atoms with van der Waals surface area (Å²) < 4.78 is 5.76. The van der Waals surface area contributed by atoms with Crippen molar-refractivity contribution in [2.75, 3.05) is 11.5 Å². The zero-order valence-corrected chi connectivity index (χ0v) is 13.2. The van der Waals surface area contributed by atoms with E-state index in [2.05, 4.69) is 0 Å². The number of ketones is 2. The van der Waals surface area contributed by atoms with Crippen LogP contribution in [0.3, 0.4) is 0 Å². The van der Waals surface area contributed by atoms with Crippen LogP contribution in [-0.2, 0) is 0 Å². The average Bonchev–Trinajstić information content (AvgIpc) is 2.63. The molecule has 0 atom stereocenters. The standard InChI is InChI=1S/C20H14N2O3/c21-14-10-15(25-11-6-2-1-3-7-11)18(22)17-16(14)19(23)12-8-4-5-9-13(12)20(17)24/h1-10H,21-22H2. The number of hydrogen-bond donors (Lipinski definition) is 2. The number of fused-ring (bicyclic) bond motifs is 2. The van der Waals surface area contributed by atoms with E-state index in [1.54, 1.807) is 36.4 Å². The van der Waals surface area contributed by atoms with Crippen LogP contribution in [0.15, 0.2) is 60.7 Å². The molecule has 0 fully saturated rings. The third-order valence-electron chi connectivity index (χ3n) is 4.20. The van der Waals surface area contributed by atoms with Crippen LogP contribution in [-0.4, -0.2) is 11.6 Å². The lowest BCUT2D eigenvalue weighted by molar-refractivity contribution is 0.0980. The second kappa shape index (κ2) is 5.49. The van der Waals surface area contributed by atoms with Crippen molar-refractivity contribution in [3.8, 4) is 11.5 Å². The molecule has 0 saturated carbocycles. The quantitative estimate of drug-likeness (QED) is 0.549. The number of nitrogens with two attached hydrogens (primary N) is 2. The number of hydrogen-bond acceptors (Lipinski definition) is 5. The van der Waals surface area contributed by atoms with E-state index in [1.165, 1.54) is 6.07 Å². The van der Waals surface area contributed by atoms with Crippen molar-refractivity contribution in [1.82, 2.24) is 0 Å². The molecule has 0 saturated heterocycles. The third-order valence-corrected chi connectivity index (χ3v) is 4.20. The van der Waals surface area contributed by atoms with Crippen molar-refractivity contribution in [2.45, 2.75) is 0 Å². The fourth-order valence-electron chi connectivity index (χ4n) is 3.02. The molecule has 1 aliphatic carbocycles. The SMILES string of the molecule is Nc1cc(Oc2ccccc2)c(N)c2c1C(=O)c1ccccc1C2=O. The summed E-state index contributed by atoms with van der Waals surface area (Å²) in [7, 11) is 0. The Labute approximate surface area is 143 Å². The van der Waals surface area contributed by atoms with E-state index in [9.17, 15) is 9.59 Å². The van der Waals surface area contributed by atoms with E-state index in [-0.39, 0.29) is 39.8 Å². The molecule has 0 spiro atoms. The molecule has 4 rings (SSSR count). The first-order chi connectivity index (χ1) is 12.1. The van der Waals surface area contributed by atoms with Crippen LogP contribution in [0, 0.1) is 0 Å². The number of carbonyl (C=O) groups excluding carboxylic acids is 2. The summed E-state index contributed by atoms with van der Waals surface area (Å²) in [6.07, 6.45) is 0. The van der Waals surface area contributed by atoms with Gasteiger partial charge in [0, 0.05) is 22.9 Å². The zero-order valence-electron chi connectivity index (χ0n) is 13.2. The topological polar surface area (TPSA) is 95.4 Å². The van der Waals surface area contributed by atoms with Crippen molar-refractivity contribution in [3.63, 3.8) is 0 Å². The number of nitrogen functional groups attached to an aromatic ring is 2. The number of carbonyl (C=O) groups is 2. The van der Waals surface area contributed by atoms with Gasteiger partial charge in [-0.2, -0.15) is 0 Å². The Morgan fingerprint density at radius 2 is 1.28 bits per heavy atom. The maximum Gasteiger partial charge on any atom is 0.196 e. The molecule has 3 aromatic carbocycles. The first-order valence-electron chi connectivity index (χ1n) is 7.71. The summed E-state index contributed by atoms with van der Waals surface area (Å²) in [5, 5.41) is 0. The second-order valence-corrected chi connectivity index (χ2v) is 5.75. The molecule has 0 bridgehead atoms. The van der Waals surface area contributed by atoms with E-state index < -0.39 is 0 Å². The van der Waals surface area contributed by atoms with Gasteiger partial charge in [0.1, 0.15) is 5.75 Å². The van der Waals surface area contributed by atoms with Gasteiger partial charge in [0.05, 0.1) is 16.8 Å². The van der Waals surface area contributed by atoms with E-state index in [0.29, 0.717) is 16.9 Å². The second-order valence-electron chi connectivity index (χ2n) is 5.75. The lowest BCUT2D eigenvalue weighted by atomic mass is 9.82. The summed E-state index contributed by atoms with van der Waals surface area (Å²) in [6, 6.07) is 17.1. The van der Waals surface area contributed by atoms with Gasteiger partial charge < -0.3 is 16.2 Å². The zero-order chi connectivity index (χ0) is 17.6. The van der Waals surface area contributed by atoms with Gasteiger partial charge in [-0.05, 0) is 12.1 Å². The average molecular weight is 330 g/mol. The van der Waals surface area contributed by atoms with Crippen LogP contribution >= 0.6 is 0 Å². The summed E-state index contributed by atoms with van der Waals surface area (Å²) in [6.45, 7) is 0. The number of ether oxygens (including phenoxy) is 1. The molecule has 122 valence electrons. The minimum absolute atomic E-state index is 0.106. The molecule has 0 amide bonds. The number of anilines is 2. The predicted molar refractivity (Wildman–Crippen MR) is 95.1 cm³/mol. The van der Waals surface area contributed by atoms with Crippen LogP contribution in [0.1, 0.15) is 31.8 Å². The van der Waals surface area contributed by atoms with Crippen LogP contribution in [0.2, 0.25) is 0 Å². The molecular weight excluding hydrogens is 316 g/mol. The van der Waals surface area contributed by atoms with Crippen molar-refractivity contribution >= 4 is 22.9 Å². The first-order valence-corrected chi connectivity index (χ1v) is 7.71. The van der Waals surface area contributed by atoms with Crippen molar-refractivity contribution in [3.05, 3.63) is 82.9 Å². The minimum Gasteiger partial charge on any atom is -0.455 e. The van der Waals surface area contributed by atoms with Gasteiger partial charge in [-0.25, -0.2) is 0 Å². The molecule has 5 heteroatoms. The summed E-state index contributed by atoms with van der Waals surface area (Å²) in [4.78, 5) is 25.7. The normalized spacial score (nSPS) is 12.5. The Morgan fingerprint density at radius 1 is 0.720 bits per heavy atom. The number of rotatable bonds is 2. The maximum atomic E-state index is 12.9. The van der Waals surface area contributed by atoms with Crippen LogP contribution in [0.4, 0.5) is 11.4 Å². The van der Waals surface area contributed by atoms with Crippen molar-refractivity contribution in [2.24, 2.45) is 0 Å². The fraction of sp³-hybridized carbons (Fsp3) is 0. The summed E-state index contributed by atoms with van der Waals surface area (Å²) >= 11 is 0. The molecule has 1 aliphatic rings. The lowest BCUT2D eigenvalue weighted by Crippen LogP contribution is -2.24. The van der Waals surface area contributed by atoms with E-state index >= 15 is 0 Å². The summed E-state index contributed by atoms with van der Waals surface area (Å²) in [5.41, 5.74) is 13.4. The van der Waals surface area contributed by atoms with E-state index in [0.717, 1.165) is 0 Å². The number of para-hydroxylation sites is 1. The molecule has 0 radical (unpaired) electrons. The molecule has 4 N–H and O–H groups in total. The van der Waals surface area contributed by atoms with Gasteiger partial charge in [-0.3, -0.25) is 9.59 Å². The molecule has 5 nitrogen and oxygen atoms in total. The molecule has 0 heterocycles. The van der Waals surface area contributed by atoms with Gasteiger partial charge in [-0.1, -0.05) is 42.5 Å². The molecular formula is C20H14N2O3. The predicted octanol–water partition coefficient (Wildman–Crippen LogP) is 3.42. The van der Waals surface area contributed by atoms with E-state index in [1.807, 2.05) is 18.2 Å². The fourth-order valence-corrected chi connectivity index (χ4v) is 3.02. The molecule has 0 unspecified atom stereocenters. The number of benzene rings is 3. The molecule has 25 heavy (non-hydrogen) atoms. The van der Waals surface area contributed by atoms with Gasteiger partial charge in [0.15, 0.2) is 17.3 Å². The van der Waals surface area contributed by atoms with Gasteiger partial charge in [0.2, 0.25) is 0 Å². The first kappa shape index (κ1) is 15.0. The van der Waals surface area contributed by atoms with E-state index in [4.69, 9.17) is 16.2 Å². The van der Waals surface area contributed by atoms with Crippen molar-refractivity contribution < 1.29 is 14.3 Å². The minimum atomic E-state index is -0.326. The molecule has 0 aromatic heterocycles. The van der Waals surface area contributed by atoms with Crippen molar-refractivity contribution in [1.29, 1.82) is 0 Å². The monoisotopic (exact) mass is 330 g/mol. The highest BCUT2D eigenvalue weighted by Gasteiger charge is 2.34.